The molecule has 1 aliphatic rings. The first-order valence-electron chi connectivity index (χ1n) is 5.45. The van der Waals surface area contributed by atoms with Crippen molar-refractivity contribution in [2.45, 2.75) is 32.1 Å². The molecule has 0 atom stereocenters. The highest BCUT2D eigenvalue weighted by molar-refractivity contribution is 5.07. The summed E-state index contributed by atoms with van der Waals surface area (Å²) in [6, 6.07) is 0. The van der Waals surface area contributed by atoms with E-state index in [1.165, 1.54) is 19.3 Å². The van der Waals surface area contributed by atoms with Crippen LogP contribution in [0.3, 0.4) is 0 Å². The summed E-state index contributed by atoms with van der Waals surface area (Å²) in [7, 11) is 0. The maximum Gasteiger partial charge on any atom is -0.0133 e. The summed E-state index contributed by atoms with van der Waals surface area (Å²) in [6.45, 7) is 0. The average Bonchev–Trinajstić information content (AvgIpc) is 2.22. The Morgan fingerprint density at radius 2 is 1.36 bits per heavy atom. The van der Waals surface area contributed by atoms with Gasteiger partial charge in [0, 0.05) is 0 Å². The van der Waals surface area contributed by atoms with Crippen molar-refractivity contribution in [2.75, 3.05) is 0 Å². The van der Waals surface area contributed by atoms with Gasteiger partial charge in [0.1, 0.15) is 0 Å². The van der Waals surface area contributed by atoms with Gasteiger partial charge in [0.15, 0.2) is 0 Å². The van der Waals surface area contributed by atoms with Gasteiger partial charge in [-0.05, 0) is 38.5 Å². The van der Waals surface area contributed by atoms with Gasteiger partial charge in [0.25, 0.3) is 0 Å². The predicted molar refractivity (Wildman–Crippen MR) is 63.9 cm³/mol. The van der Waals surface area contributed by atoms with Crippen molar-refractivity contribution in [2.24, 2.45) is 0 Å². The van der Waals surface area contributed by atoms with E-state index in [4.69, 9.17) is 0 Å². The van der Waals surface area contributed by atoms with Gasteiger partial charge in [0.2, 0.25) is 0 Å². The molecule has 0 aromatic carbocycles. The second-order valence-electron chi connectivity index (χ2n) is 3.39. The van der Waals surface area contributed by atoms with E-state index < -0.39 is 0 Å². The minimum Gasteiger partial charge on any atom is -0.0882 e. The van der Waals surface area contributed by atoms with Gasteiger partial charge in [-0.15, -0.1) is 0 Å². The molecule has 1 aliphatic carbocycles. The Morgan fingerprint density at radius 3 is 2.36 bits per heavy atom. The third-order valence-corrected chi connectivity index (χ3v) is 2.11. The Kier molecular flexibility index (Phi) is 6.74. The Hall–Kier alpha value is -1.04. The lowest BCUT2D eigenvalue weighted by molar-refractivity contribution is 0.866. The zero-order chi connectivity index (χ0) is 9.90. The van der Waals surface area contributed by atoms with Crippen molar-refractivity contribution in [3.05, 3.63) is 55.0 Å². The molecule has 1 rings (SSSR count). The minimum absolute atomic E-state index is 1.03. The van der Waals surface area contributed by atoms with E-state index in [2.05, 4.69) is 55.0 Å². The topological polar surface area (TPSA) is 0 Å². The van der Waals surface area contributed by atoms with Crippen LogP contribution in [0.2, 0.25) is 0 Å². The fourth-order valence-corrected chi connectivity index (χ4v) is 1.31. The van der Waals surface area contributed by atoms with Gasteiger partial charge in [-0.25, -0.2) is 0 Å². The molecule has 0 amide bonds. The molecule has 0 spiro atoms. The molecule has 0 saturated carbocycles. The fraction of sp³-hybridized carbons (Fsp3) is 0.357. The molecule has 14 heavy (non-hydrogen) atoms. The highest BCUT2D eigenvalue weighted by Crippen LogP contribution is 2.01. The maximum absolute atomic E-state index is 2.28. The molecule has 0 heteroatoms. The van der Waals surface area contributed by atoms with Gasteiger partial charge in [-0.3, -0.25) is 0 Å². The number of hydrogen-bond acceptors (Lipinski definition) is 0. The molecule has 0 unspecified atom stereocenters. The van der Waals surface area contributed by atoms with E-state index in [0.29, 0.717) is 0 Å². The van der Waals surface area contributed by atoms with Crippen molar-refractivity contribution < 1.29 is 0 Å². The van der Waals surface area contributed by atoms with Gasteiger partial charge in [-0.1, -0.05) is 48.6 Å². The molecule has 0 bridgehead atoms. The zero-order valence-corrected chi connectivity index (χ0v) is 8.73. The first-order chi connectivity index (χ1) is 7.00. The molecule has 0 fully saturated rings. The molecule has 0 aliphatic heterocycles. The molecule has 0 N–H and O–H groups in total. The largest absolute Gasteiger partial charge is 0.0882 e. The lowest BCUT2D eigenvalue weighted by Gasteiger charge is -1.91. The Morgan fingerprint density at radius 1 is 0.571 bits per heavy atom. The summed E-state index contributed by atoms with van der Waals surface area (Å²) >= 11 is 0. The molecule has 0 aromatic rings. The van der Waals surface area contributed by atoms with E-state index in [-0.39, 0.29) is 0 Å². The number of hydrogen-bond donors (Lipinski definition) is 0. The van der Waals surface area contributed by atoms with E-state index >= 15 is 0 Å². The third-order valence-electron chi connectivity index (χ3n) is 2.11. The van der Waals surface area contributed by atoms with Crippen LogP contribution in [0.15, 0.2) is 48.6 Å². The molecular formula is C14H19. The molecule has 0 saturated heterocycles. The molecule has 0 heterocycles. The highest BCUT2D eigenvalue weighted by Gasteiger charge is 1.81. The minimum atomic E-state index is 1.03. The van der Waals surface area contributed by atoms with Crippen LogP contribution >= 0.6 is 0 Å². The van der Waals surface area contributed by atoms with Crippen molar-refractivity contribution in [1.82, 2.24) is 0 Å². The van der Waals surface area contributed by atoms with Crippen molar-refractivity contribution >= 4 is 0 Å². The summed E-state index contributed by atoms with van der Waals surface area (Å²) in [5.74, 6) is 0. The summed E-state index contributed by atoms with van der Waals surface area (Å²) in [5.41, 5.74) is 0. The Balaban J connectivity index is 2.34. The van der Waals surface area contributed by atoms with Crippen LogP contribution in [0.4, 0.5) is 0 Å². The average molecular weight is 187 g/mol. The fourth-order valence-electron chi connectivity index (χ4n) is 1.31. The monoisotopic (exact) mass is 187 g/mol. The van der Waals surface area contributed by atoms with E-state index in [0.717, 1.165) is 12.8 Å². The van der Waals surface area contributed by atoms with E-state index in [1.54, 1.807) is 0 Å². The molecule has 0 nitrogen and oxygen atoms in total. The summed E-state index contributed by atoms with van der Waals surface area (Å²) in [5, 5.41) is 0. The van der Waals surface area contributed by atoms with Gasteiger partial charge < -0.3 is 0 Å². The van der Waals surface area contributed by atoms with Crippen LogP contribution in [0.1, 0.15) is 32.1 Å². The van der Waals surface area contributed by atoms with Crippen molar-refractivity contribution in [3.8, 4) is 0 Å². The quantitative estimate of drug-likeness (QED) is 0.494. The number of rotatable bonds is 0. The van der Waals surface area contributed by atoms with Crippen LogP contribution in [0.25, 0.3) is 0 Å². The van der Waals surface area contributed by atoms with Crippen molar-refractivity contribution in [3.63, 3.8) is 0 Å². The summed E-state index contributed by atoms with van der Waals surface area (Å²) in [6.07, 6.45) is 25.5. The second kappa shape index (κ2) is 8.55. The Labute approximate surface area is 87.7 Å². The smallest absolute Gasteiger partial charge is 0.0133 e. The first kappa shape index (κ1) is 11.0. The van der Waals surface area contributed by atoms with Crippen LogP contribution in [-0.4, -0.2) is 0 Å². The predicted octanol–water partition coefficient (Wildman–Crippen LogP) is 4.38. The molecule has 0 aromatic heterocycles. The van der Waals surface area contributed by atoms with E-state index in [9.17, 15) is 0 Å². The van der Waals surface area contributed by atoms with Crippen LogP contribution in [0.5, 0.6) is 0 Å². The number of allylic oxidation sites excluding steroid dienone is 8. The van der Waals surface area contributed by atoms with Crippen LogP contribution < -0.4 is 0 Å². The van der Waals surface area contributed by atoms with Crippen molar-refractivity contribution in [1.29, 1.82) is 0 Å². The standard InChI is InChI=1S/C14H19/c1-2-4-6-8-10-12-14-13-11-9-7-5-3-1/h1-4,7,9,11-12,14H,5-6,8,10,13H2. The molecular weight excluding hydrogens is 168 g/mol. The van der Waals surface area contributed by atoms with Crippen LogP contribution in [-0.2, 0) is 0 Å². The lowest BCUT2D eigenvalue weighted by Crippen LogP contribution is -1.71. The second-order valence-corrected chi connectivity index (χ2v) is 3.39. The van der Waals surface area contributed by atoms with Gasteiger partial charge in [-0.2, -0.15) is 0 Å². The van der Waals surface area contributed by atoms with Crippen LogP contribution in [0, 0.1) is 6.42 Å². The lowest BCUT2D eigenvalue weighted by atomic mass is 10.2. The van der Waals surface area contributed by atoms with Gasteiger partial charge in [0.05, 0.1) is 0 Å². The SMILES string of the molecule is [CH]1C=CCC=CCCCC=CC=CC1. The third kappa shape index (κ3) is 6.47. The highest BCUT2D eigenvalue weighted by atomic mass is 13.9. The Bertz CT molecular complexity index is 228. The van der Waals surface area contributed by atoms with Gasteiger partial charge >= 0.3 is 0 Å². The molecule has 75 valence electrons. The maximum atomic E-state index is 2.28. The van der Waals surface area contributed by atoms with E-state index in [1.807, 2.05) is 0 Å². The summed E-state index contributed by atoms with van der Waals surface area (Å²) in [4.78, 5) is 0. The molecule has 1 radical (unpaired) electrons. The summed E-state index contributed by atoms with van der Waals surface area (Å²) < 4.78 is 0. The first-order valence-corrected chi connectivity index (χ1v) is 5.45. The normalized spacial score (nSPS) is 19.4. The zero-order valence-electron chi connectivity index (χ0n) is 8.73.